The van der Waals surface area contributed by atoms with E-state index in [0.29, 0.717) is 12.0 Å². The molecule has 0 spiro atoms. The van der Waals surface area contributed by atoms with Crippen molar-refractivity contribution in [2.45, 2.75) is 78.3 Å². The van der Waals surface area contributed by atoms with Gasteiger partial charge in [0, 0.05) is 39.6 Å². The Bertz CT molecular complexity index is 698. The Hall–Kier alpha value is -1.79. The minimum atomic E-state index is 0.0489. The first-order valence-corrected chi connectivity index (χ1v) is 10.6. The van der Waals surface area contributed by atoms with Crippen molar-refractivity contribution >= 4 is 5.96 Å². The maximum atomic E-state index is 12.3. The Labute approximate surface area is 162 Å². The standard InChI is InChI=1S/C20H36N6O/c1-16(2)14-20(9-6-10-20)15-23-18(21-3)22-11-7-13-26-19(27)25-12-5-4-8-17(25)24-26/h16H,4-15H2,1-3H3,(H2,21,22,23). The van der Waals surface area contributed by atoms with E-state index >= 15 is 0 Å². The van der Waals surface area contributed by atoms with Crippen LogP contribution < -0.4 is 16.3 Å². The lowest BCUT2D eigenvalue weighted by Gasteiger charge is -2.43. The van der Waals surface area contributed by atoms with Gasteiger partial charge >= 0.3 is 5.69 Å². The fourth-order valence-corrected chi connectivity index (χ4v) is 4.52. The number of nitrogens with zero attached hydrogens (tertiary/aromatic N) is 4. The first-order chi connectivity index (χ1) is 13.0. The first kappa shape index (κ1) is 20.0. The lowest BCUT2D eigenvalue weighted by atomic mass is 9.64. The van der Waals surface area contributed by atoms with E-state index in [9.17, 15) is 4.79 Å². The van der Waals surface area contributed by atoms with E-state index in [-0.39, 0.29) is 5.69 Å². The predicted molar refractivity (Wildman–Crippen MR) is 109 cm³/mol. The number of aliphatic imine (C=N–C) groups is 1. The highest BCUT2D eigenvalue weighted by Gasteiger charge is 2.37. The van der Waals surface area contributed by atoms with Gasteiger partial charge in [0.2, 0.25) is 0 Å². The molecular formula is C20H36N6O. The fourth-order valence-electron chi connectivity index (χ4n) is 4.52. The Kier molecular flexibility index (Phi) is 6.60. The third kappa shape index (κ3) is 4.93. The highest BCUT2D eigenvalue weighted by Crippen LogP contribution is 2.45. The summed E-state index contributed by atoms with van der Waals surface area (Å²) < 4.78 is 3.47. The summed E-state index contributed by atoms with van der Waals surface area (Å²) in [5.41, 5.74) is 0.502. The van der Waals surface area contributed by atoms with E-state index in [2.05, 4.69) is 34.6 Å². The molecule has 1 aliphatic carbocycles. The van der Waals surface area contributed by atoms with Gasteiger partial charge < -0.3 is 10.6 Å². The van der Waals surface area contributed by atoms with Crippen LogP contribution >= 0.6 is 0 Å². The normalized spacial score (nSPS) is 18.9. The van der Waals surface area contributed by atoms with Gasteiger partial charge in [0.05, 0.1) is 0 Å². The third-order valence-corrected chi connectivity index (χ3v) is 5.98. The molecular weight excluding hydrogens is 340 g/mol. The summed E-state index contributed by atoms with van der Waals surface area (Å²) in [6.07, 6.45) is 9.28. The molecule has 0 unspecified atom stereocenters. The molecule has 1 saturated carbocycles. The molecule has 2 heterocycles. The molecule has 152 valence electrons. The number of hydrogen-bond acceptors (Lipinski definition) is 3. The van der Waals surface area contributed by atoms with Crippen molar-refractivity contribution in [3.05, 3.63) is 16.3 Å². The molecule has 0 aromatic carbocycles. The summed E-state index contributed by atoms with van der Waals surface area (Å²) in [5, 5.41) is 11.4. The molecule has 0 atom stereocenters. The summed E-state index contributed by atoms with van der Waals surface area (Å²) in [6.45, 7) is 7.87. The van der Waals surface area contributed by atoms with Gasteiger partial charge in [-0.3, -0.25) is 9.56 Å². The zero-order valence-corrected chi connectivity index (χ0v) is 17.3. The summed E-state index contributed by atoms with van der Waals surface area (Å²) in [6, 6.07) is 0. The van der Waals surface area contributed by atoms with Crippen LogP contribution in [0.1, 0.15) is 64.6 Å². The molecule has 1 aromatic rings. The number of aromatic nitrogens is 3. The quantitative estimate of drug-likeness (QED) is 0.414. The van der Waals surface area contributed by atoms with Gasteiger partial charge in [-0.25, -0.2) is 9.48 Å². The van der Waals surface area contributed by atoms with Crippen LogP contribution in [-0.2, 0) is 19.5 Å². The van der Waals surface area contributed by atoms with E-state index in [1.807, 2.05) is 11.6 Å². The van der Waals surface area contributed by atoms with Gasteiger partial charge in [0.15, 0.2) is 5.96 Å². The van der Waals surface area contributed by atoms with Crippen molar-refractivity contribution in [3.8, 4) is 0 Å². The predicted octanol–water partition coefficient (Wildman–Crippen LogP) is 2.15. The highest BCUT2D eigenvalue weighted by molar-refractivity contribution is 5.79. The monoisotopic (exact) mass is 376 g/mol. The molecule has 0 saturated heterocycles. The van der Waals surface area contributed by atoms with Gasteiger partial charge in [0.25, 0.3) is 0 Å². The maximum Gasteiger partial charge on any atom is 0.345 e. The van der Waals surface area contributed by atoms with Gasteiger partial charge in [-0.05, 0) is 49.9 Å². The maximum absolute atomic E-state index is 12.3. The lowest BCUT2D eigenvalue weighted by molar-refractivity contribution is 0.104. The van der Waals surface area contributed by atoms with E-state index < -0.39 is 0 Å². The van der Waals surface area contributed by atoms with Gasteiger partial charge in [-0.15, -0.1) is 0 Å². The Morgan fingerprint density at radius 1 is 1.26 bits per heavy atom. The van der Waals surface area contributed by atoms with E-state index in [1.54, 1.807) is 4.68 Å². The molecule has 0 amide bonds. The number of aryl methyl sites for hydroxylation is 2. The Morgan fingerprint density at radius 3 is 2.70 bits per heavy atom. The number of fused-ring (bicyclic) bond motifs is 1. The lowest BCUT2D eigenvalue weighted by Crippen LogP contribution is -2.47. The second-order valence-corrected chi connectivity index (χ2v) is 8.69. The van der Waals surface area contributed by atoms with Crippen LogP contribution in [-0.4, -0.2) is 40.4 Å². The van der Waals surface area contributed by atoms with Crippen molar-refractivity contribution in [1.29, 1.82) is 0 Å². The van der Waals surface area contributed by atoms with Crippen LogP contribution in [0.15, 0.2) is 9.79 Å². The molecule has 1 aliphatic heterocycles. The van der Waals surface area contributed by atoms with Crippen molar-refractivity contribution < 1.29 is 0 Å². The minimum absolute atomic E-state index is 0.0489. The number of guanidine groups is 1. The number of hydrogen-bond donors (Lipinski definition) is 2. The van der Waals surface area contributed by atoms with E-state index in [4.69, 9.17) is 0 Å². The molecule has 7 nitrogen and oxygen atoms in total. The van der Waals surface area contributed by atoms with Crippen LogP contribution in [0, 0.1) is 11.3 Å². The van der Waals surface area contributed by atoms with Crippen molar-refractivity contribution in [2.75, 3.05) is 20.1 Å². The van der Waals surface area contributed by atoms with Crippen LogP contribution in [0.4, 0.5) is 0 Å². The smallest absolute Gasteiger partial charge is 0.345 e. The molecule has 1 fully saturated rings. The second-order valence-electron chi connectivity index (χ2n) is 8.69. The molecule has 2 aliphatic rings. The third-order valence-electron chi connectivity index (χ3n) is 5.98. The van der Waals surface area contributed by atoms with Crippen LogP contribution in [0.25, 0.3) is 0 Å². The second kappa shape index (κ2) is 8.93. The Morgan fingerprint density at radius 2 is 2.07 bits per heavy atom. The topological polar surface area (TPSA) is 76.2 Å². The number of rotatable bonds is 8. The molecule has 0 radical (unpaired) electrons. The van der Waals surface area contributed by atoms with E-state index in [1.165, 1.54) is 25.7 Å². The largest absolute Gasteiger partial charge is 0.356 e. The summed E-state index contributed by atoms with van der Waals surface area (Å²) in [7, 11) is 1.82. The fraction of sp³-hybridized carbons (Fsp3) is 0.850. The zero-order valence-electron chi connectivity index (χ0n) is 17.3. The van der Waals surface area contributed by atoms with E-state index in [0.717, 1.165) is 63.0 Å². The Balaban J connectivity index is 1.41. The van der Waals surface area contributed by atoms with Crippen LogP contribution in [0.3, 0.4) is 0 Å². The summed E-state index contributed by atoms with van der Waals surface area (Å²) in [5.74, 6) is 2.55. The van der Waals surface area contributed by atoms with Crippen LogP contribution in [0.2, 0.25) is 0 Å². The van der Waals surface area contributed by atoms with Crippen molar-refractivity contribution in [2.24, 2.45) is 16.3 Å². The van der Waals surface area contributed by atoms with Gasteiger partial charge in [-0.2, -0.15) is 5.10 Å². The van der Waals surface area contributed by atoms with Crippen molar-refractivity contribution in [1.82, 2.24) is 25.0 Å². The van der Waals surface area contributed by atoms with Gasteiger partial charge in [-0.1, -0.05) is 20.3 Å². The SMILES string of the molecule is CN=C(NCCCn1nc2n(c1=O)CCCC2)NCC1(CC(C)C)CCC1. The minimum Gasteiger partial charge on any atom is -0.356 e. The van der Waals surface area contributed by atoms with Crippen molar-refractivity contribution in [3.63, 3.8) is 0 Å². The summed E-state index contributed by atoms with van der Waals surface area (Å²) >= 11 is 0. The molecule has 0 bridgehead atoms. The summed E-state index contributed by atoms with van der Waals surface area (Å²) in [4.78, 5) is 16.7. The molecule has 1 aromatic heterocycles. The van der Waals surface area contributed by atoms with Gasteiger partial charge in [0.1, 0.15) is 5.82 Å². The molecule has 2 N–H and O–H groups in total. The van der Waals surface area contributed by atoms with Crippen LogP contribution in [0.5, 0.6) is 0 Å². The molecule has 7 heteroatoms. The average molecular weight is 377 g/mol. The first-order valence-electron chi connectivity index (χ1n) is 10.6. The highest BCUT2D eigenvalue weighted by atomic mass is 16.2. The molecule has 3 rings (SSSR count). The zero-order chi connectivity index (χ0) is 19.3. The molecule has 27 heavy (non-hydrogen) atoms. The average Bonchev–Trinajstić information content (AvgIpc) is 2.94. The number of nitrogens with one attached hydrogen (secondary N) is 2.